The molecule has 2 aromatic rings. The highest BCUT2D eigenvalue weighted by Crippen LogP contribution is 2.17. The van der Waals surface area contributed by atoms with E-state index in [-0.39, 0.29) is 11.9 Å². The molecule has 25 heavy (non-hydrogen) atoms. The molecule has 0 aliphatic rings. The summed E-state index contributed by atoms with van der Waals surface area (Å²) in [6, 6.07) is 17.7. The molecule has 0 saturated carbocycles. The minimum Gasteiger partial charge on any atom is -0.489 e. The van der Waals surface area contributed by atoms with Crippen LogP contribution in [0.4, 0.5) is 5.69 Å². The molecule has 0 heterocycles. The van der Waals surface area contributed by atoms with Gasteiger partial charge in [0.25, 0.3) is 0 Å². The summed E-state index contributed by atoms with van der Waals surface area (Å²) >= 11 is 0. The van der Waals surface area contributed by atoms with E-state index in [1.165, 1.54) is 0 Å². The molecular formula is C21H28N2O2. The number of nitrogens with one attached hydrogen (secondary N) is 2. The van der Waals surface area contributed by atoms with Crippen LogP contribution in [0.1, 0.15) is 39.2 Å². The second-order valence-electron chi connectivity index (χ2n) is 6.19. The van der Waals surface area contributed by atoms with Crippen LogP contribution in [0.3, 0.4) is 0 Å². The molecule has 2 N–H and O–H groups in total. The van der Waals surface area contributed by atoms with Gasteiger partial charge in [-0.3, -0.25) is 4.79 Å². The van der Waals surface area contributed by atoms with Gasteiger partial charge in [-0.1, -0.05) is 44.2 Å². The van der Waals surface area contributed by atoms with Crippen LogP contribution in [0.2, 0.25) is 0 Å². The van der Waals surface area contributed by atoms with Gasteiger partial charge >= 0.3 is 0 Å². The minimum absolute atomic E-state index is 0.0233. The van der Waals surface area contributed by atoms with E-state index in [0.717, 1.165) is 29.8 Å². The van der Waals surface area contributed by atoms with Crippen molar-refractivity contribution < 1.29 is 9.53 Å². The maximum absolute atomic E-state index is 12.3. The summed E-state index contributed by atoms with van der Waals surface area (Å²) in [5.41, 5.74) is 1.90. The second kappa shape index (κ2) is 9.84. The van der Waals surface area contributed by atoms with Crippen molar-refractivity contribution in [2.45, 2.75) is 52.3 Å². The topological polar surface area (TPSA) is 50.4 Å². The maximum atomic E-state index is 12.3. The first kappa shape index (κ1) is 19.0. The molecule has 0 radical (unpaired) electrons. The number of hydrogen-bond donors (Lipinski definition) is 2. The Morgan fingerprint density at radius 3 is 2.24 bits per heavy atom. The number of hydrogen-bond acceptors (Lipinski definition) is 3. The van der Waals surface area contributed by atoms with E-state index in [2.05, 4.69) is 24.5 Å². The molecule has 1 atom stereocenters. The van der Waals surface area contributed by atoms with E-state index in [1.807, 2.05) is 61.5 Å². The molecule has 0 aliphatic carbocycles. The fraction of sp³-hybridized carbons (Fsp3) is 0.381. The summed E-state index contributed by atoms with van der Waals surface area (Å²) in [7, 11) is 0. The number of carbonyl (C=O) groups excluding carboxylic acids is 1. The number of carbonyl (C=O) groups is 1. The Balaban J connectivity index is 1.84. The SMILES string of the molecule is CCC(CC)NC(C)C(=O)Nc1ccc(OCc2ccccc2)cc1. The van der Waals surface area contributed by atoms with Crippen molar-refractivity contribution in [1.29, 1.82) is 0 Å². The highest BCUT2D eigenvalue weighted by atomic mass is 16.5. The van der Waals surface area contributed by atoms with Crippen LogP contribution >= 0.6 is 0 Å². The predicted molar refractivity (Wildman–Crippen MR) is 103 cm³/mol. The van der Waals surface area contributed by atoms with E-state index in [9.17, 15) is 4.79 Å². The van der Waals surface area contributed by atoms with Crippen LogP contribution in [0.15, 0.2) is 54.6 Å². The van der Waals surface area contributed by atoms with Crippen LogP contribution in [-0.4, -0.2) is 18.0 Å². The third-order valence-electron chi connectivity index (χ3n) is 4.23. The van der Waals surface area contributed by atoms with Gasteiger partial charge in [0.1, 0.15) is 12.4 Å². The summed E-state index contributed by atoms with van der Waals surface area (Å²) in [6.07, 6.45) is 2.03. The molecule has 4 nitrogen and oxygen atoms in total. The average molecular weight is 340 g/mol. The van der Waals surface area contributed by atoms with Gasteiger partial charge in [-0.05, 0) is 49.6 Å². The normalized spacial score (nSPS) is 12.0. The first-order valence-corrected chi connectivity index (χ1v) is 8.96. The molecule has 134 valence electrons. The smallest absolute Gasteiger partial charge is 0.241 e. The van der Waals surface area contributed by atoms with Crippen LogP contribution in [0, 0.1) is 0 Å². The Morgan fingerprint density at radius 1 is 1.00 bits per heavy atom. The molecule has 0 aliphatic heterocycles. The average Bonchev–Trinajstić information content (AvgIpc) is 2.66. The Bertz CT molecular complexity index is 637. The number of anilines is 1. The molecule has 0 bridgehead atoms. The lowest BCUT2D eigenvalue weighted by atomic mass is 10.1. The Kier molecular flexibility index (Phi) is 7.48. The molecule has 1 amide bonds. The van der Waals surface area contributed by atoms with Crippen molar-refractivity contribution in [3.63, 3.8) is 0 Å². The molecule has 2 aromatic carbocycles. The molecule has 4 heteroatoms. The molecule has 0 fully saturated rings. The zero-order valence-electron chi connectivity index (χ0n) is 15.3. The summed E-state index contributed by atoms with van der Waals surface area (Å²) < 4.78 is 5.76. The fourth-order valence-corrected chi connectivity index (χ4v) is 2.58. The summed E-state index contributed by atoms with van der Waals surface area (Å²) in [4.78, 5) is 12.3. The van der Waals surface area contributed by atoms with E-state index in [0.29, 0.717) is 12.6 Å². The highest BCUT2D eigenvalue weighted by Gasteiger charge is 2.15. The van der Waals surface area contributed by atoms with Crippen molar-refractivity contribution >= 4 is 11.6 Å². The lowest BCUT2D eigenvalue weighted by Gasteiger charge is -2.20. The Morgan fingerprint density at radius 2 is 1.64 bits per heavy atom. The number of benzene rings is 2. The first-order valence-electron chi connectivity index (χ1n) is 8.96. The third-order valence-corrected chi connectivity index (χ3v) is 4.23. The van der Waals surface area contributed by atoms with Gasteiger partial charge < -0.3 is 15.4 Å². The van der Waals surface area contributed by atoms with Gasteiger partial charge in [-0.15, -0.1) is 0 Å². The van der Waals surface area contributed by atoms with Crippen molar-refractivity contribution in [3.8, 4) is 5.75 Å². The van der Waals surface area contributed by atoms with E-state index >= 15 is 0 Å². The van der Waals surface area contributed by atoms with Crippen molar-refractivity contribution in [2.24, 2.45) is 0 Å². The molecule has 0 saturated heterocycles. The quantitative estimate of drug-likeness (QED) is 0.712. The fourth-order valence-electron chi connectivity index (χ4n) is 2.58. The predicted octanol–water partition coefficient (Wildman–Crippen LogP) is 4.37. The van der Waals surface area contributed by atoms with Crippen LogP contribution in [-0.2, 0) is 11.4 Å². The van der Waals surface area contributed by atoms with E-state index < -0.39 is 0 Å². The number of ether oxygens (including phenoxy) is 1. The van der Waals surface area contributed by atoms with Crippen molar-refractivity contribution in [3.05, 3.63) is 60.2 Å². The third kappa shape index (κ3) is 6.24. The second-order valence-corrected chi connectivity index (χ2v) is 6.19. The molecule has 0 spiro atoms. The number of amides is 1. The number of rotatable bonds is 9. The van der Waals surface area contributed by atoms with Gasteiger partial charge in [-0.2, -0.15) is 0 Å². The first-order chi connectivity index (χ1) is 12.1. The summed E-state index contributed by atoms with van der Waals surface area (Å²) in [5, 5.41) is 6.29. The lowest BCUT2D eigenvalue weighted by Crippen LogP contribution is -2.43. The van der Waals surface area contributed by atoms with Crippen LogP contribution in [0.25, 0.3) is 0 Å². The van der Waals surface area contributed by atoms with Gasteiger partial charge in [0.15, 0.2) is 0 Å². The standard InChI is InChI=1S/C21H28N2O2/c1-4-18(5-2)22-16(3)21(24)23-19-11-13-20(14-12-19)25-15-17-9-7-6-8-10-17/h6-14,16,18,22H,4-5,15H2,1-3H3,(H,23,24). The lowest BCUT2D eigenvalue weighted by molar-refractivity contribution is -0.118. The zero-order chi connectivity index (χ0) is 18.1. The largest absolute Gasteiger partial charge is 0.489 e. The summed E-state index contributed by atoms with van der Waals surface area (Å²) in [6.45, 7) is 6.67. The Hall–Kier alpha value is -2.33. The van der Waals surface area contributed by atoms with Crippen LogP contribution in [0.5, 0.6) is 5.75 Å². The molecule has 0 aromatic heterocycles. The summed E-state index contributed by atoms with van der Waals surface area (Å²) in [5.74, 6) is 0.759. The maximum Gasteiger partial charge on any atom is 0.241 e. The molecule has 2 rings (SSSR count). The van der Waals surface area contributed by atoms with E-state index in [4.69, 9.17) is 4.74 Å². The zero-order valence-corrected chi connectivity index (χ0v) is 15.3. The van der Waals surface area contributed by atoms with Gasteiger partial charge in [0, 0.05) is 11.7 Å². The monoisotopic (exact) mass is 340 g/mol. The Labute approximate surface area is 150 Å². The molecule has 1 unspecified atom stereocenters. The van der Waals surface area contributed by atoms with Gasteiger partial charge in [0.2, 0.25) is 5.91 Å². The van der Waals surface area contributed by atoms with Crippen LogP contribution < -0.4 is 15.4 Å². The van der Waals surface area contributed by atoms with Crippen molar-refractivity contribution in [1.82, 2.24) is 5.32 Å². The van der Waals surface area contributed by atoms with E-state index in [1.54, 1.807) is 0 Å². The minimum atomic E-state index is -0.223. The highest BCUT2D eigenvalue weighted by molar-refractivity contribution is 5.94. The van der Waals surface area contributed by atoms with Gasteiger partial charge in [-0.25, -0.2) is 0 Å². The van der Waals surface area contributed by atoms with Crippen molar-refractivity contribution in [2.75, 3.05) is 5.32 Å². The molecular weight excluding hydrogens is 312 g/mol. The van der Waals surface area contributed by atoms with Gasteiger partial charge in [0.05, 0.1) is 6.04 Å².